The van der Waals surface area contributed by atoms with E-state index in [9.17, 15) is 4.79 Å². The number of hydrogen-bond donors (Lipinski definition) is 2. The second-order valence-electron chi connectivity index (χ2n) is 9.13. The average molecular weight is 536 g/mol. The van der Waals surface area contributed by atoms with Gasteiger partial charge in [-0.15, -0.1) is 12.6 Å². The Morgan fingerprint density at radius 2 is 1.33 bits per heavy atom. The lowest BCUT2D eigenvalue weighted by molar-refractivity contribution is -0.117. The predicted octanol–water partition coefficient (Wildman–Crippen LogP) is 7.43. The minimum atomic E-state index is -0.316. The van der Waals surface area contributed by atoms with E-state index >= 15 is 0 Å². The van der Waals surface area contributed by atoms with E-state index < -0.39 is 0 Å². The van der Waals surface area contributed by atoms with Gasteiger partial charge in [-0.05, 0) is 64.2 Å². The summed E-state index contributed by atoms with van der Waals surface area (Å²) in [5.41, 5.74) is 8.57. The number of carbonyl (C=O) groups excluding carboxylic acids is 1. The fraction of sp³-hybridized carbons (Fsp3) is 0.147. The Hall–Kier alpha value is -4.22. The van der Waals surface area contributed by atoms with E-state index in [0.717, 1.165) is 33.9 Å². The summed E-state index contributed by atoms with van der Waals surface area (Å²) in [5, 5.41) is 2.46. The van der Waals surface area contributed by atoms with Gasteiger partial charge in [0.15, 0.2) is 0 Å². The molecule has 5 heteroatoms. The van der Waals surface area contributed by atoms with Crippen LogP contribution in [0.1, 0.15) is 23.1 Å². The SMILES string of the molecule is NC(=O)CCc1ccc(COc2ccccc2)cc1OCCc1ccc2ccccc2c1.Sc1ccccc1. The number of hydrogen-bond acceptors (Lipinski definition) is 4. The van der Waals surface area contributed by atoms with Crippen LogP contribution in [0.4, 0.5) is 0 Å². The van der Waals surface area contributed by atoms with E-state index in [0.29, 0.717) is 26.1 Å². The van der Waals surface area contributed by atoms with E-state index in [1.807, 2.05) is 84.9 Å². The molecule has 5 aromatic rings. The number of nitrogens with two attached hydrogens (primary N) is 1. The van der Waals surface area contributed by atoms with Crippen LogP contribution in [0.2, 0.25) is 0 Å². The molecule has 1 amide bonds. The molecule has 0 heterocycles. The number of benzene rings is 5. The number of ether oxygens (including phenoxy) is 2. The van der Waals surface area contributed by atoms with E-state index in [-0.39, 0.29) is 5.91 Å². The zero-order valence-corrected chi connectivity index (χ0v) is 22.7. The van der Waals surface area contributed by atoms with Gasteiger partial charge in [-0.1, -0.05) is 91.0 Å². The molecule has 0 unspecified atom stereocenters. The van der Waals surface area contributed by atoms with Crippen LogP contribution in [0.5, 0.6) is 11.5 Å². The lowest BCUT2D eigenvalue weighted by Gasteiger charge is -2.14. The summed E-state index contributed by atoms with van der Waals surface area (Å²) in [6, 6.07) is 40.3. The Kier molecular flexibility index (Phi) is 10.4. The molecule has 39 heavy (non-hydrogen) atoms. The largest absolute Gasteiger partial charge is 0.493 e. The first-order valence-corrected chi connectivity index (χ1v) is 13.4. The second kappa shape index (κ2) is 14.6. The highest BCUT2D eigenvalue weighted by Gasteiger charge is 2.09. The highest BCUT2D eigenvalue weighted by Crippen LogP contribution is 2.24. The first-order valence-electron chi connectivity index (χ1n) is 13.0. The molecule has 0 aliphatic heterocycles. The molecule has 198 valence electrons. The standard InChI is InChI=1S/C28H27NO3.C6H6S/c29-28(30)15-14-24-13-11-22(20-32-26-8-2-1-3-9-26)19-27(24)31-17-16-21-10-12-23-6-4-5-7-25(23)18-21;7-6-4-2-1-3-5-6/h1-13,18-19H,14-17,20H2,(H2,29,30);1-5,7H. The van der Waals surface area contributed by atoms with E-state index in [1.165, 1.54) is 16.3 Å². The van der Waals surface area contributed by atoms with Crippen molar-refractivity contribution >= 4 is 29.3 Å². The summed E-state index contributed by atoms with van der Waals surface area (Å²) >= 11 is 4.08. The van der Waals surface area contributed by atoms with Gasteiger partial charge in [0.05, 0.1) is 6.61 Å². The summed E-state index contributed by atoms with van der Waals surface area (Å²) < 4.78 is 12.0. The van der Waals surface area contributed by atoms with Gasteiger partial charge in [0, 0.05) is 17.7 Å². The lowest BCUT2D eigenvalue weighted by atomic mass is 10.0. The molecule has 2 N–H and O–H groups in total. The Balaban J connectivity index is 0.000000438. The van der Waals surface area contributed by atoms with E-state index in [4.69, 9.17) is 15.2 Å². The Bertz CT molecular complexity index is 1470. The monoisotopic (exact) mass is 535 g/mol. The molecule has 0 aliphatic rings. The summed E-state index contributed by atoms with van der Waals surface area (Å²) in [4.78, 5) is 12.3. The van der Waals surface area contributed by atoms with Crippen LogP contribution in [-0.4, -0.2) is 12.5 Å². The maximum atomic E-state index is 11.3. The predicted molar refractivity (Wildman–Crippen MR) is 162 cm³/mol. The molecule has 0 fully saturated rings. The van der Waals surface area contributed by atoms with Crippen molar-refractivity contribution in [3.05, 3.63) is 138 Å². The van der Waals surface area contributed by atoms with Crippen molar-refractivity contribution in [2.75, 3.05) is 6.61 Å². The molecular formula is C34H33NO3S. The molecule has 0 spiro atoms. The maximum absolute atomic E-state index is 11.3. The minimum absolute atomic E-state index is 0.293. The topological polar surface area (TPSA) is 61.6 Å². The van der Waals surface area contributed by atoms with Crippen LogP contribution in [-0.2, 0) is 24.2 Å². The normalized spacial score (nSPS) is 10.4. The van der Waals surface area contributed by atoms with Crippen LogP contribution in [0, 0.1) is 0 Å². The number of fused-ring (bicyclic) bond motifs is 1. The van der Waals surface area contributed by atoms with Gasteiger partial charge in [-0.25, -0.2) is 0 Å². The number of rotatable bonds is 10. The number of amides is 1. The summed E-state index contributed by atoms with van der Waals surface area (Å²) in [5.74, 6) is 1.29. The molecule has 5 rings (SSSR count). The summed E-state index contributed by atoms with van der Waals surface area (Å²) in [6.07, 6.45) is 1.65. The highest BCUT2D eigenvalue weighted by molar-refractivity contribution is 7.80. The van der Waals surface area contributed by atoms with E-state index in [2.05, 4.69) is 49.0 Å². The van der Waals surface area contributed by atoms with Crippen molar-refractivity contribution in [2.24, 2.45) is 5.73 Å². The number of para-hydroxylation sites is 1. The molecule has 4 nitrogen and oxygen atoms in total. The van der Waals surface area contributed by atoms with Crippen LogP contribution in [0.3, 0.4) is 0 Å². The Morgan fingerprint density at radius 3 is 2.03 bits per heavy atom. The fourth-order valence-corrected chi connectivity index (χ4v) is 4.24. The van der Waals surface area contributed by atoms with Gasteiger partial charge >= 0.3 is 0 Å². The number of aryl methyl sites for hydroxylation is 1. The molecule has 0 saturated carbocycles. The van der Waals surface area contributed by atoms with Crippen LogP contribution in [0.25, 0.3) is 10.8 Å². The third kappa shape index (κ3) is 9.24. The molecule has 0 atom stereocenters. The zero-order chi connectivity index (χ0) is 27.3. The first-order chi connectivity index (χ1) is 19.1. The Labute approximate surface area is 235 Å². The van der Waals surface area contributed by atoms with Gasteiger partial charge in [-0.3, -0.25) is 4.79 Å². The molecule has 0 aromatic heterocycles. The van der Waals surface area contributed by atoms with Gasteiger partial charge in [-0.2, -0.15) is 0 Å². The number of thiol groups is 1. The third-order valence-corrected chi connectivity index (χ3v) is 6.44. The molecular weight excluding hydrogens is 502 g/mol. The van der Waals surface area contributed by atoms with Crippen LogP contribution >= 0.6 is 12.6 Å². The number of primary amides is 1. The summed E-state index contributed by atoms with van der Waals surface area (Å²) in [7, 11) is 0. The molecule has 0 aliphatic carbocycles. The minimum Gasteiger partial charge on any atom is -0.493 e. The van der Waals surface area contributed by atoms with Crippen molar-refractivity contribution in [1.29, 1.82) is 0 Å². The van der Waals surface area contributed by atoms with Gasteiger partial charge in [0.25, 0.3) is 0 Å². The number of carbonyl (C=O) groups is 1. The molecule has 0 bridgehead atoms. The van der Waals surface area contributed by atoms with Crippen molar-refractivity contribution in [1.82, 2.24) is 0 Å². The highest BCUT2D eigenvalue weighted by atomic mass is 32.1. The zero-order valence-electron chi connectivity index (χ0n) is 21.8. The van der Waals surface area contributed by atoms with Crippen molar-refractivity contribution in [3.8, 4) is 11.5 Å². The lowest BCUT2D eigenvalue weighted by Crippen LogP contribution is -2.12. The first kappa shape index (κ1) is 27.8. The van der Waals surface area contributed by atoms with Crippen LogP contribution < -0.4 is 15.2 Å². The average Bonchev–Trinajstić information content (AvgIpc) is 2.97. The fourth-order valence-electron chi connectivity index (χ4n) is 4.07. The third-order valence-electron chi connectivity index (χ3n) is 6.14. The van der Waals surface area contributed by atoms with Crippen molar-refractivity contribution in [2.45, 2.75) is 30.8 Å². The van der Waals surface area contributed by atoms with Gasteiger partial charge in [0.1, 0.15) is 18.1 Å². The van der Waals surface area contributed by atoms with Gasteiger partial charge < -0.3 is 15.2 Å². The smallest absolute Gasteiger partial charge is 0.217 e. The molecule has 0 saturated heterocycles. The Morgan fingerprint density at radius 1 is 0.667 bits per heavy atom. The molecule has 5 aromatic carbocycles. The van der Waals surface area contributed by atoms with Gasteiger partial charge in [0.2, 0.25) is 5.91 Å². The van der Waals surface area contributed by atoms with E-state index in [1.54, 1.807) is 0 Å². The molecule has 0 radical (unpaired) electrons. The van der Waals surface area contributed by atoms with Crippen molar-refractivity contribution < 1.29 is 14.3 Å². The second-order valence-corrected chi connectivity index (χ2v) is 9.64. The van der Waals surface area contributed by atoms with Crippen LogP contribution in [0.15, 0.2) is 126 Å². The maximum Gasteiger partial charge on any atom is 0.217 e. The quantitative estimate of drug-likeness (QED) is 0.183. The van der Waals surface area contributed by atoms with Crippen molar-refractivity contribution in [3.63, 3.8) is 0 Å². The summed E-state index contributed by atoms with van der Waals surface area (Å²) in [6.45, 7) is 0.992.